The molecule has 0 spiro atoms. The largest absolute Gasteiger partial charge is 0.385 e. The van der Waals surface area contributed by atoms with Gasteiger partial charge in [-0.25, -0.2) is 4.98 Å². The Morgan fingerprint density at radius 1 is 1.29 bits per heavy atom. The first kappa shape index (κ1) is 24.1. The van der Waals surface area contributed by atoms with E-state index in [4.69, 9.17) is 11.3 Å². The Kier molecular flexibility index (Phi) is 6.29. The van der Waals surface area contributed by atoms with Crippen LogP contribution in [-0.4, -0.2) is 45.4 Å². The number of carbonyl (C=O) groups is 1. The van der Waals surface area contributed by atoms with Gasteiger partial charge < -0.3 is 20.2 Å². The summed E-state index contributed by atoms with van der Waals surface area (Å²) in [6.07, 6.45) is 20.2. The van der Waals surface area contributed by atoms with Crippen molar-refractivity contribution in [2.75, 3.05) is 13.2 Å². The van der Waals surface area contributed by atoms with Crippen LogP contribution in [0, 0.1) is 40.9 Å². The normalized spacial score (nSPS) is 39.1. The summed E-state index contributed by atoms with van der Waals surface area (Å²) in [5.74, 6) is 4.36. The van der Waals surface area contributed by atoms with Crippen molar-refractivity contribution in [1.29, 1.82) is 0 Å². The summed E-state index contributed by atoms with van der Waals surface area (Å²) < 4.78 is 0. The fourth-order valence-electron chi connectivity index (χ4n) is 7.88. The average molecular weight is 479 g/mol. The lowest BCUT2D eigenvalue weighted by Gasteiger charge is -2.58. The number of hydrogen-bond acceptors (Lipinski definition) is 5. The molecule has 4 aliphatic rings. The number of oxime groups is 1. The van der Waals surface area contributed by atoms with E-state index in [0.29, 0.717) is 30.7 Å². The van der Waals surface area contributed by atoms with Gasteiger partial charge in [-0.1, -0.05) is 30.5 Å². The van der Waals surface area contributed by atoms with Gasteiger partial charge in [0.15, 0.2) is 6.61 Å². The first-order valence-electron chi connectivity index (χ1n) is 13.1. The molecule has 188 valence electrons. The maximum atomic E-state index is 12.1. The smallest absolute Gasteiger partial charge is 0.260 e. The van der Waals surface area contributed by atoms with E-state index in [0.717, 1.165) is 62.8 Å². The van der Waals surface area contributed by atoms with Crippen LogP contribution in [0.25, 0.3) is 0 Å². The Morgan fingerprint density at radius 3 is 2.89 bits per heavy atom. The number of hydrogen-bond donors (Lipinski definition) is 3. The molecule has 1 heterocycles. The zero-order chi connectivity index (χ0) is 24.7. The monoisotopic (exact) mass is 478 g/mol. The van der Waals surface area contributed by atoms with E-state index in [1.165, 1.54) is 5.57 Å². The van der Waals surface area contributed by atoms with Crippen LogP contribution in [0.2, 0.25) is 0 Å². The number of rotatable bonds is 6. The van der Waals surface area contributed by atoms with Gasteiger partial charge in [0, 0.05) is 30.3 Å². The zero-order valence-electron chi connectivity index (χ0n) is 21.0. The Bertz CT molecular complexity index is 1060. The number of aromatic amines is 1. The van der Waals surface area contributed by atoms with Crippen LogP contribution >= 0.6 is 0 Å². The SMILES string of the molecule is C#CC1(O)CCC2C3CCC4=CC(=NOCC(=O)NCCc5cnc[nH]5)CCC4(C)C3CCC21C. The molecule has 0 bridgehead atoms. The van der Waals surface area contributed by atoms with Crippen LogP contribution < -0.4 is 5.32 Å². The molecule has 0 radical (unpaired) electrons. The van der Waals surface area contributed by atoms with Crippen LogP contribution in [0.5, 0.6) is 0 Å². The molecule has 1 aromatic rings. The van der Waals surface area contributed by atoms with Gasteiger partial charge in [0.2, 0.25) is 0 Å². The lowest BCUT2D eigenvalue weighted by atomic mass is 9.46. The number of imidazole rings is 1. The van der Waals surface area contributed by atoms with Crippen molar-refractivity contribution in [3.63, 3.8) is 0 Å². The summed E-state index contributed by atoms with van der Waals surface area (Å²) in [5.41, 5.74) is 2.46. The summed E-state index contributed by atoms with van der Waals surface area (Å²) in [5, 5.41) is 18.3. The molecular weight excluding hydrogens is 440 g/mol. The Hall–Kier alpha value is -2.59. The molecule has 6 unspecified atom stereocenters. The highest BCUT2D eigenvalue weighted by molar-refractivity contribution is 5.96. The minimum Gasteiger partial charge on any atom is -0.385 e. The van der Waals surface area contributed by atoms with Crippen molar-refractivity contribution >= 4 is 11.6 Å². The van der Waals surface area contributed by atoms with Gasteiger partial charge in [-0.15, -0.1) is 6.42 Å². The van der Waals surface area contributed by atoms with E-state index >= 15 is 0 Å². The molecule has 3 fully saturated rings. The van der Waals surface area contributed by atoms with Crippen molar-refractivity contribution in [3.05, 3.63) is 29.9 Å². The Morgan fingerprint density at radius 2 is 2.11 bits per heavy atom. The zero-order valence-corrected chi connectivity index (χ0v) is 21.0. The van der Waals surface area contributed by atoms with Gasteiger partial charge in [-0.05, 0) is 80.6 Å². The van der Waals surface area contributed by atoms with Crippen LogP contribution in [0.4, 0.5) is 0 Å². The third kappa shape index (κ3) is 4.10. The van der Waals surface area contributed by atoms with Gasteiger partial charge in [0.1, 0.15) is 5.60 Å². The minimum atomic E-state index is -0.950. The lowest BCUT2D eigenvalue weighted by molar-refractivity contribution is -0.125. The number of carbonyl (C=O) groups excluding carboxylic acids is 1. The van der Waals surface area contributed by atoms with E-state index in [2.05, 4.69) is 46.3 Å². The number of aliphatic hydroxyl groups is 1. The molecule has 0 aliphatic heterocycles. The molecule has 0 saturated heterocycles. The van der Waals surface area contributed by atoms with Crippen molar-refractivity contribution in [2.24, 2.45) is 33.7 Å². The second-order valence-corrected chi connectivity index (χ2v) is 11.5. The third-order valence-corrected chi connectivity index (χ3v) is 10.0. The maximum absolute atomic E-state index is 12.1. The van der Waals surface area contributed by atoms with Crippen molar-refractivity contribution in [3.8, 4) is 12.3 Å². The number of terminal acetylenes is 1. The lowest BCUT2D eigenvalue weighted by Crippen LogP contribution is -2.54. The summed E-state index contributed by atoms with van der Waals surface area (Å²) in [7, 11) is 0. The van der Waals surface area contributed by atoms with Gasteiger partial charge in [-0.3, -0.25) is 4.79 Å². The molecule has 5 rings (SSSR count). The molecule has 7 heteroatoms. The molecule has 0 aromatic carbocycles. The predicted octanol–water partition coefficient (Wildman–Crippen LogP) is 3.77. The van der Waals surface area contributed by atoms with Crippen molar-refractivity contribution in [1.82, 2.24) is 15.3 Å². The van der Waals surface area contributed by atoms with E-state index < -0.39 is 5.60 Å². The molecule has 3 N–H and O–H groups in total. The molecule has 1 aromatic heterocycles. The first-order valence-corrected chi connectivity index (χ1v) is 13.1. The topological polar surface area (TPSA) is 99.6 Å². The standard InChI is InChI=1S/C28H38N4O3/c1-4-28(34)13-9-24-22-6-5-19-15-20(7-11-26(19,2)23(22)8-12-27(24,28)3)32-35-17-25(33)30-14-10-21-16-29-18-31-21/h1,15-16,18,22-24,34H,5-14,17H2,2-3H3,(H,29,31)(H,30,33). The molecule has 6 atom stereocenters. The summed E-state index contributed by atoms with van der Waals surface area (Å²) in [6, 6.07) is 0. The van der Waals surface area contributed by atoms with Crippen LogP contribution in [0.1, 0.15) is 70.9 Å². The van der Waals surface area contributed by atoms with E-state index in [1.54, 1.807) is 12.5 Å². The fraction of sp³-hybridized carbons (Fsp3) is 0.679. The Labute approximate surface area is 208 Å². The predicted molar refractivity (Wildman–Crippen MR) is 134 cm³/mol. The van der Waals surface area contributed by atoms with E-state index in [1.807, 2.05) is 0 Å². The van der Waals surface area contributed by atoms with Crippen LogP contribution in [0.3, 0.4) is 0 Å². The van der Waals surface area contributed by atoms with Gasteiger partial charge >= 0.3 is 0 Å². The van der Waals surface area contributed by atoms with Crippen LogP contribution in [-0.2, 0) is 16.1 Å². The highest BCUT2D eigenvalue weighted by atomic mass is 16.6. The number of aromatic nitrogens is 2. The molecule has 7 nitrogen and oxygen atoms in total. The van der Waals surface area contributed by atoms with Crippen molar-refractivity contribution in [2.45, 2.75) is 77.2 Å². The Balaban J connectivity index is 1.19. The fourth-order valence-corrected chi connectivity index (χ4v) is 7.88. The number of fused-ring (bicyclic) bond motifs is 5. The second kappa shape index (κ2) is 9.13. The van der Waals surface area contributed by atoms with Gasteiger partial charge in [-0.2, -0.15) is 0 Å². The minimum absolute atomic E-state index is 0.0734. The summed E-state index contributed by atoms with van der Waals surface area (Å²) in [4.78, 5) is 24.5. The quantitative estimate of drug-likeness (QED) is 0.428. The van der Waals surface area contributed by atoms with Gasteiger partial charge in [0.05, 0.1) is 12.0 Å². The maximum Gasteiger partial charge on any atom is 0.260 e. The average Bonchev–Trinajstić information content (AvgIpc) is 3.45. The highest BCUT2D eigenvalue weighted by Crippen LogP contribution is 2.67. The number of allylic oxidation sites excluding steroid dienone is 2. The first-order chi connectivity index (χ1) is 16.8. The molecule has 4 aliphatic carbocycles. The highest BCUT2D eigenvalue weighted by Gasteiger charge is 2.63. The number of nitrogens with one attached hydrogen (secondary N) is 2. The molecular formula is C28H38N4O3. The molecule has 35 heavy (non-hydrogen) atoms. The summed E-state index contributed by atoms with van der Waals surface area (Å²) >= 11 is 0. The molecule has 1 amide bonds. The van der Waals surface area contributed by atoms with E-state index in [9.17, 15) is 9.90 Å². The summed E-state index contributed by atoms with van der Waals surface area (Å²) in [6.45, 7) is 5.14. The molecule has 3 saturated carbocycles. The number of nitrogens with zero attached hydrogens (tertiary/aromatic N) is 2. The number of H-pyrrole nitrogens is 1. The van der Waals surface area contributed by atoms with Crippen LogP contribution in [0.15, 0.2) is 29.3 Å². The van der Waals surface area contributed by atoms with Crippen molar-refractivity contribution < 1.29 is 14.7 Å². The van der Waals surface area contributed by atoms with Gasteiger partial charge in [0.25, 0.3) is 5.91 Å². The number of amides is 1. The third-order valence-electron chi connectivity index (χ3n) is 10.0. The van der Waals surface area contributed by atoms with E-state index in [-0.39, 0.29) is 23.3 Å². The second-order valence-electron chi connectivity index (χ2n) is 11.5.